The molecule has 0 unspecified atom stereocenters. The van der Waals surface area contributed by atoms with Crippen LogP contribution in [0.2, 0.25) is 0 Å². The van der Waals surface area contributed by atoms with E-state index >= 15 is 0 Å². The van der Waals surface area contributed by atoms with E-state index in [0.29, 0.717) is 18.1 Å². The molecule has 1 aromatic rings. The lowest BCUT2D eigenvalue weighted by atomic mass is 10.1. The second-order valence-electron chi connectivity index (χ2n) is 4.82. The number of rotatable bonds is 7. The van der Waals surface area contributed by atoms with Crippen molar-refractivity contribution < 1.29 is 23.1 Å². The first kappa shape index (κ1) is 16.9. The molecule has 0 bridgehead atoms. The van der Waals surface area contributed by atoms with Gasteiger partial charge in [0.15, 0.2) is 0 Å². The highest BCUT2D eigenvalue weighted by atomic mass is 31.2. The van der Waals surface area contributed by atoms with E-state index in [1.54, 1.807) is 24.3 Å². The van der Waals surface area contributed by atoms with E-state index in [9.17, 15) is 9.36 Å². The molecule has 6 heteroatoms. The van der Waals surface area contributed by atoms with Gasteiger partial charge in [0.2, 0.25) is 0 Å². The normalized spacial score (nSPS) is 11.7. The number of esters is 1. The molecule has 0 heterocycles. The Labute approximate surface area is 119 Å². The topological polar surface area (TPSA) is 61.8 Å². The van der Waals surface area contributed by atoms with Crippen LogP contribution in [0.5, 0.6) is 0 Å². The zero-order valence-corrected chi connectivity index (χ0v) is 13.2. The predicted octanol–water partition coefficient (Wildman–Crippen LogP) is 3.49. The summed E-state index contributed by atoms with van der Waals surface area (Å²) in [6.45, 7) is 4.34. The van der Waals surface area contributed by atoms with Crippen molar-refractivity contribution in [3.63, 3.8) is 0 Å². The summed E-state index contributed by atoms with van der Waals surface area (Å²) in [5.41, 5.74) is 1.25. The summed E-state index contributed by atoms with van der Waals surface area (Å²) in [6, 6.07) is 6.73. The molecule has 20 heavy (non-hydrogen) atoms. The van der Waals surface area contributed by atoms with Crippen LogP contribution in [0.1, 0.15) is 29.8 Å². The maximum absolute atomic E-state index is 12.0. The van der Waals surface area contributed by atoms with Crippen LogP contribution < -0.4 is 0 Å². The van der Waals surface area contributed by atoms with Crippen LogP contribution in [0, 0.1) is 5.92 Å². The van der Waals surface area contributed by atoms with Gasteiger partial charge >= 0.3 is 13.6 Å². The Morgan fingerprint density at radius 3 is 2.15 bits per heavy atom. The van der Waals surface area contributed by atoms with Crippen molar-refractivity contribution in [2.75, 3.05) is 20.8 Å². The molecule has 5 nitrogen and oxygen atoms in total. The number of ether oxygens (including phenoxy) is 1. The van der Waals surface area contributed by atoms with E-state index in [1.807, 2.05) is 13.8 Å². The van der Waals surface area contributed by atoms with Gasteiger partial charge in [-0.15, -0.1) is 0 Å². The number of carbonyl (C=O) groups excluding carboxylic acids is 1. The van der Waals surface area contributed by atoms with Gasteiger partial charge in [0.1, 0.15) is 0 Å². The largest absolute Gasteiger partial charge is 0.462 e. The van der Waals surface area contributed by atoms with Crippen LogP contribution in [-0.2, 0) is 24.5 Å². The van der Waals surface area contributed by atoms with Crippen LogP contribution in [-0.4, -0.2) is 26.8 Å². The van der Waals surface area contributed by atoms with E-state index in [0.717, 1.165) is 5.56 Å². The molecule has 0 aliphatic heterocycles. The van der Waals surface area contributed by atoms with Crippen LogP contribution >= 0.6 is 7.60 Å². The molecule has 0 aliphatic rings. The van der Waals surface area contributed by atoms with Crippen LogP contribution in [0.4, 0.5) is 0 Å². The van der Waals surface area contributed by atoms with Crippen LogP contribution in [0.15, 0.2) is 24.3 Å². The fourth-order valence-corrected chi connectivity index (χ4v) is 2.56. The van der Waals surface area contributed by atoms with Gasteiger partial charge in [-0.3, -0.25) is 4.57 Å². The average Bonchev–Trinajstić information content (AvgIpc) is 2.45. The van der Waals surface area contributed by atoms with Gasteiger partial charge in [-0.1, -0.05) is 26.0 Å². The van der Waals surface area contributed by atoms with Crippen molar-refractivity contribution in [1.82, 2.24) is 0 Å². The maximum Gasteiger partial charge on any atom is 0.338 e. The summed E-state index contributed by atoms with van der Waals surface area (Å²) in [5, 5.41) is 0. The van der Waals surface area contributed by atoms with Crippen molar-refractivity contribution in [2.24, 2.45) is 5.92 Å². The SMILES string of the molecule is COP(=O)(Cc1ccc(C(=O)OCC(C)C)cc1)OC. The zero-order chi connectivity index (χ0) is 15.2. The van der Waals surface area contributed by atoms with Crippen molar-refractivity contribution >= 4 is 13.6 Å². The molecule has 0 saturated heterocycles. The van der Waals surface area contributed by atoms with Crippen molar-refractivity contribution in [3.8, 4) is 0 Å². The first-order valence-corrected chi connectivity index (χ1v) is 8.09. The quantitative estimate of drug-likeness (QED) is 0.570. The van der Waals surface area contributed by atoms with Crippen LogP contribution in [0.3, 0.4) is 0 Å². The smallest absolute Gasteiger partial charge is 0.338 e. The average molecular weight is 300 g/mol. The summed E-state index contributed by atoms with van der Waals surface area (Å²) in [5.74, 6) is -0.0561. The lowest BCUT2D eigenvalue weighted by molar-refractivity contribution is 0.0459. The van der Waals surface area contributed by atoms with Gasteiger partial charge in [-0.2, -0.15) is 0 Å². The Morgan fingerprint density at radius 1 is 1.15 bits per heavy atom. The van der Waals surface area contributed by atoms with E-state index in [-0.39, 0.29) is 12.1 Å². The molecule has 0 aliphatic carbocycles. The number of carbonyl (C=O) groups is 1. The molecule has 0 aromatic heterocycles. The monoisotopic (exact) mass is 300 g/mol. The minimum atomic E-state index is -3.08. The fourth-order valence-electron chi connectivity index (χ4n) is 1.50. The van der Waals surface area contributed by atoms with Crippen molar-refractivity contribution in [3.05, 3.63) is 35.4 Å². The molecule has 0 saturated carbocycles. The van der Waals surface area contributed by atoms with Gasteiger partial charge in [-0.25, -0.2) is 4.79 Å². The molecule has 0 amide bonds. The summed E-state index contributed by atoms with van der Waals surface area (Å²) in [7, 11) is -0.386. The molecule has 0 radical (unpaired) electrons. The fraction of sp³-hybridized carbons (Fsp3) is 0.500. The summed E-state index contributed by atoms with van der Waals surface area (Å²) >= 11 is 0. The van der Waals surface area contributed by atoms with Gasteiger partial charge in [0, 0.05) is 14.2 Å². The van der Waals surface area contributed by atoms with Gasteiger partial charge in [0.05, 0.1) is 18.3 Å². The standard InChI is InChI=1S/C14H21O5P/c1-11(2)9-19-14(15)13-7-5-12(6-8-13)10-20(16,17-3)18-4/h5-8,11H,9-10H2,1-4H3. The Hall–Kier alpha value is -1.16. The predicted molar refractivity (Wildman–Crippen MR) is 76.9 cm³/mol. The van der Waals surface area contributed by atoms with Crippen molar-refractivity contribution in [2.45, 2.75) is 20.0 Å². The Kier molecular flexibility index (Phi) is 6.40. The minimum Gasteiger partial charge on any atom is -0.462 e. The summed E-state index contributed by atoms with van der Waals surface area (Å²) in [6.07, 6.45) is 0.168. The highest BCUT2D eigenvalue weighted by Gasteiger charge is 2.21. The molecule has 112 valence electrons. The first-order chi connectivity index (χ1) is 9.40. The Morgan fingerprint density at radius 2 is 1.70 bits per heavy atom. The van der Waals surface area contributed by atoms with Gasteiger partial charge in [-0.05, 0) is 23.6 Å². The minimum absolute atomic E-state index is 0.168. The molecule has 0 atom stereocenters. The molecule has 1 aromatic carbocycles. The molecular formula is C14H21O5P. The van der Waals surface area contributed by atoms with E-state index in [1.165, 1.54) is 14.2 Å². The molecule has 1 rings (SSSR count). The van der Waals surface area contributed by atoms with Crippen molar-refractivity contribution in [1.29, 1.82) is 0 Å². The zero-order valence-electron chi connectivity index (χ0n) is 12.3. The lowest BCUT2D eigenvalue weighted by Crippen LogP contribution is -2.10. The van der Waals surface area contributed by atoms with Crippen LogP contribution in [0.25, 0.3) is 0 Å². The summed E-state index contributed by atoms with van der Waals surface area (Å²) < 4.78 is 26.9. The maximum atomic E-state index is 12.0. The number of benzene rings is 1. The Bertz CT molecular complexity index is 473. The number of hydrogen-bond acceptors (Lipinski definition) is 5. The second-order valence-corrected chi connectivity index (χ2v) is 7.09. The lowest BCUT2D eigenvalue weighted by Gasteiger charge is -2.13. The molecule has 0 fully saturated rings. The third-order valence-corrected chi connectivity index (χ3v) is 4.54. The van der Waals surface area contributed by atoms with E-state index in [4.69, 9.17) is 13.8 Å². The Balaban J connectivity index is 2.69. The molecule has 0 N–H and O–H groups in total. The summed E-state index contributed by atoms with van der Waals surface area (Å²) in [4.78, 5) is 11.7. The third-order valence-electron chi connectivity index (χ3n) is 2.67. The third kappa shape index (κ3) is 5.08. The highest BCUT2D eigenvalue weighted by molar-refractivity contribution is 7.52. The van der Waals surface area contributed by atoms with E-state index in [2.05, 4.69) is 0 Å². The van der Waals surface area contributed by atoms with Gasteiger partial charge in [0.25, 0.3) is 0 Å². The molecule has 0 spiro atoms. The number of hydrogen-bond donors (Lipinski definition) is 0. The second kappa shape index (κ2) is 7.58. The first-order valence-electron chi connectivity index (χ1n) is 6.37. The molecular weight excluding hydrogens is 279 g/mol. The van der Waals surface area contributed by atoms with E-state index < -0.39 is 7.60 Å². The van der Waals surface area contributed by atoms with Gasteiger partial charge < -0.3 is 13.8 Å². The highest BCUT2D eigenvalue weighted by Crippen LogP contribution is 2.49.